The zero-order valence-corrected chi connectivity index (χ0v) is 12.8. The number of likely N-dealkylation sites (N-methyl/N-ethyl adjacent to an activating group) is 1. The van der Waals surface area contributed by atoms with Gasteiger partial charge in [0.1, 0.15) is 10.4 Å². The van der Waals surface area contributed by atoms with Crippen LogP contribution in [0.3, 0.4) is 0 Å². The van der Waals surface area contributed by atoms with Crippen LogP contribution in [0.2, 0.25) is 10.0 Å². The summed E-state index contributed by atoms with van der Waals surface area (Å²) in [5, 5.41) is 9.04. The maximum absolute atomic E-state index is 12.4. The Kier molecular flexibility index (Phi) is 4.51. The van der Waals surface area contributed by atoms with Gasteiger partial charge >= 0.3 is 5.97 Å². The molecule has 0 heterocycles. The van der Waals surface area contributed by atoms with Crippen molar-refractivity contribution >= 4 is 39.2 Å². The number of carboxylic acid groups (broad SMARTS) is 1. The summed E-state index contributed by atoms with van der Waals surface area (Å²) in [6.07, 6.45) is 0. The molecule has 0 aliphatic rings. The lowest BCUT2D eigenvalue weighted by molar-refractivity contribution is -0.145. The van der Waals surface area contributed by atoms with Crippen molar-refractivity contribution in [3.63, 3.8) is 0 Å². The summed E-state index contributed by atoms with van der Waals surface area (Å²) in [6.45, 7) is 2.57. The van der Waals surface area contributed by atoms with Gasteiger partial charge in [0, 0.05) is 7.05 Å². The Balaban J connectivity index is 3.41. The van der Waals surface area contributed by atoms with Crippen LogP contribution in [0.15, 0.2) is 23.1 Å². The highest BCUT2D eigenvalue weighted by Crippen LogP contribution is 2.32. The molecule has 0 saturated heterocycles. The van der Waals surface area contributed by atoms with Crippen LogP contribution in [0.25, 0.3) is 0 Å². The van der Waals surface area contributed by atoms with E-state index in [9.17, 15) is 13.2 Å². The number of carboxylic acids is 1. The van der Waals surface area contributed by atoms with Gasteiger partial charge in [-0.25, -0.2) is 8.42 Å². The van der Waals surface area contributed by atoms with Gasteiger partial charge in [-0.05, 0) is 26.0 Å². The molecule has 0 spiro atoms. The number of aliphatic carboxylic acids is 1. The summed E-state index contributed by atoms with van der Waals surface area (Å²) in [7, 11) is -2.88. The smallest absolute Gasteiger partial charge is 0.324 e. The van der Waals surface area contributed by atoms with Crippen LogP contribution < -0.4 is 0 Å². The van der Waals surface area contributed by atoms with Gasteiger partial charge in [-0.3, -0.25) is 4.79 Å². The van der Waals surface area contributed by atoms with E-state index in [1.165, 1.54) is 39.1 Å². The molecule has 1 rings (SSSR count). The van der Waals surface area contributed by atoms with Crippen LogP contribution in [0.4, 0.5) is 0 Å². The predicted octanol–water partition coefficient (Wildman–Crippen LogP) is 2.48. The number of benzene rings is 1. The third-order valence-electron chi connectivity index (χ3n) is 2.87. The molecule has 5 nitrogen and oxygen atoms in total. The average Bonchev–Trinajstić information content (AvgIpc) is 2.31. The summed E-state index contributed by atoms with van der Waals surface area (Å²) in [5.74, 6) is -1.27. The summed E-state index contributed by atoms with van der Waals surface area (Å²) in [5.41, 5.74) is -1.61. The number of nitrogens with zero attached hydrogens (tertiary/aromatic N) is 1. The number of halogens is 2. The van der Waals surface area contributed by atoms with E-state index in [-0.39, 0.29) is 14.9 Å². The summed E-state index contributed by atoms with van der Waals surface area (Å²) in [4.78, 5) is 10.9. The Bertz CT molecular complexity index is 613. The van der Waals surface area contributed by atoms with Crippen LogP contribution in [0, 0.1) is 0 Å². The molecule has 8 heteroatoms. The SMILES string of the molecule is CN(C(C)(C)C(=O)O)S(=O)(=O)c1cccc(Cl)c1Cl. The van der Waals surface area contributed by atoms with Crippen molar-refractivity contribution in [2.24, 2.45) is 0 Å². The van der Waals surface area contributed by atoms with Crippen molar-refractivity contribution < 1.29 is 18.3 Å². The molecule has 0 fully saturated rings. The monoisotopic (exact) mass is 325 g/mol. The van der Waals surface area contributed by atoms with Crippen molar-refractivity contribution in [1.82, 2.24) is 4.31 Å². The van der Waals surface area contributed by atoms with Crippen molar-refractivity contribution in [3.8, 4) is 0 Å². The van der Waals surface area contributed by atoms with Crippen LogP contribution in [-0.2, 0) is 14.8 Å². The van der Waals surface area contributed by atoms with Gasteiger partial charge in [0.2, 0.25) is 10.0 Å². The number of carbonyl (C=O) groups is 1. The minimum absolute atomic E-state index is 0.0873. The normalized spacial score (nSPS) is 12.7. The molecule has 0 radical (unpaired) electrons. The van der Waals surface area contributed by atoms with Crippen LogP contribution in [0.5, 0.6) is 0 Å². The van der Waals surface area contributed by atoms with Crippen molar-refractivity contribution in [2.45, 2.75) is 24.3 Å². The highest BCUT2D eigenvalue weighted by molar-refractivity contribution is 7.89. The minimum atomic E-state index is -4.06. The van der Waals surface area contributed by atoms with E-state index in [2.05, 4.69) is 0 Å². The molecule has 0 unspecified atom stereocenters. The first kappa shape index (κ1) is 16.2. The van der Waals surface area contributed by atoms with Crippen LogP contribution >= 0.6 is 23.2 Å². The fraction of sp³-hybridized carbons (Fsp3) is 0.364. The molecule has 0 amide bonds. The summed E-state index contributed by atoms with van der Waals surface area (Å²) >= 11 is 11.6. The van der Waals surface area contributed by atoms with Gasteiger partial charge < -0.3 is 5.11 Å². The second-order valence-electron chi connectivity index (χ2n) is 4.39. The number of hydrogen-bond acceptors (Lipinski definition) is 3. The molecule has 19 heavy (non-hydrogen) atoms. The maximum Gasteiger partial charge on any atom is 0.324 e. The van der Waals surface area contributed by atoms with Gasteiger partial charge in [-0.1, -0.05) is 29.3 Å². The lowest BCUT2D eigenvalue weighted by Crippen LogP contribution is -2.50. The topological polar surface area (TPSA) is 74.7 Å². The molecule has 1 N–H and O–H groups in total. The number of sulfonamides is 1. The van der Waals surface area contributed by atoms with E-state index in [4.69, 9.17) is 28.3 Å². The quantitative estimate of drug-likeness (QED) is 0.922. The molecular weight excluding hydrogens is 313 g/mol. The zero-order chi connectivity index (χ0) is 15.0. The van der Waals surface area contributed by atoms with E-state index in [1.807, 2.05) is 0 Å². The molecule has 0 atom stereocenters. The first-order valence-corrected chi connectivity index (χ1v) is 7.39. The zero-order valence-electron chi connectivity index (χ0n) is 10.5. The van der Waals surface area contributed by atoms with Crippen LogP contribution in [0.1, 0.15) is 13.8 Å². The molecule has 0 aromatic heterocycles. The molecule has 1 aromatic rings. The summed E-state index contributed by atoms with van der Waals surface area (Å²) in [6, 6.07) is 4.16. The Morgan fingerprint density at radius 1 is 1.32 bits per heavy atom. The molecule has 0 bridgehead atoms. The minimum Gasteiger partial charge on any atom is -0.480 e. The molecule has 0 aliphatic heterocycles. The van der Waals surface area contributed by atoms with Gasteiger partial charge in [0.05, 0.1) is 10.0 Å². The Labute approximate surface area is 121 Å². The average molecular weight is 326 g/mol. The Morgan fingerprint density at radius 3 is 2.32 bits per heavy atom. The third-order valence-corrected chi connectivity index (χ3v) is 5.87. The second kappa shape index (κ2) is 5.28. The Morgan fingerprint density at radius 2 is 1.84 bits per heavy atom. The fourth-order valence-corrected chi connectivity index (χ4v) is 3.48. The van der Waals surface area contributed by atoms with Crippen molar-refractivity contribution in [3.05, 3.63) is 28.2 Å². The van der Waals surface area contributed by atoms with E-state index in [1.54, 1.807) is 0 Å². The third kappa shape index (κ3) is 2.86. The van der Waals surface area contributed by atoms with Gasteiger partial charge in [0.15, 0.2) is 0 Å². The molecule has 1 aromatic carbocycles. The first-order valence-electron chi connectivity index (χ1n) is 5.19. The number of rotatable bonds is 4. The highest BCUT2D eigenvalue weighted by atomic mass is 35.5. The van der Waals surface area contributed by atoms with Gasteiger partial charge in [-0.2, -0.15) is 4.31 Å². The van der Waals surface area contributed by atoms with Crippen molar-refractivity contribution in [2.75, 3.05) is 7.05 Å². The second-order valence-corrected chi connectivity index (χ2v) is 7.11. The first-order chi connectivity index (χ1) is 8.52. The standard InChI is InChI=1S/C11H13Cl2NO4S/c1-11(2,10(15)16)14(3)19(17,18)8-6-4-5-7(12)9(8)13/h4-6H,1-3H3,(H,15,16). The predicted molar refractivity (Wildman–Crippen MR) is 73.1 cm³/mol. The van der Waals surface area contributed by atoms with E-state index < -0.39 is 21.5 Å². The van der Waals surface area contributed by atoms with Gasteiger partial charge in [-0.15, -0.1) is 0 Å². The molecule has 0 aliphatic carbocycles. The maximum atomic E-state index is 12.4. The van der Waals surface area contributed by atoms with Crippen molar-refractivity contribution in [1.29, 1.82) is 0 Å². The molecule has 0 saturated carbocycles. The highest BCUT2D eigenvalue weighted by Gasteiger charge is 2.40. The summed E-state index contributed by atoms with van der Waals surface area (Å²) < 4.78 is 25.5. The van der Waals surface area contributed by atoms with E-state index >= 15 is 0 Å². The lowest BCUT2D eigenvalue weighted by Gasteiger charge is -2.30. The van der Waals surface area contributed by atoms with E-state index in [0.717, 1.165) is 4.31 Å². The Hall–Kier alpha value is -0.820. The van der Waals surface area contributed by atoms with Crippen LogP contribution in [-0.4, -0.2) is 36.4 Å². The molecule has 106 valence electrons. The number of hydrogen-bond donors (Lipinski definition) is 1. The fourth-order valence-electron chi connectivity index (χ4n) is 1.27. The lowest BCUT2D eigenvalue weighted by atomic mass is 10.1. The van der Waals surface area contributed by atoms with E-state index in [0.29, 0.717) is 0 Å². The molecular formula is C11H13Cl2NO4S. The van der Waals surface area contributed by atoms with Gasteiger partial charge in [0.25, 0.3) is 0 Å². The largest absolute Gasteiger partial charge is 0.480 e.